The third-order valence-electron chi connectivity index (χ3n) is 5.55. The SMILES string of the molecule is Cc1cc(C(=O)NNC(=S)Nc2cnn(Cc3ccccc3)c2)c2c(C)nn(-c3ccccc3)c2n1. The molecule has 0 aliphatic heterocycles. The molecule has 10 heteroatoms. The highest BCUT2D eigenvalue weighted by molar-refractivity contribution is 7.80. The van der Waals surface area contributed by atoms with Crippen LogP contribution in [0.2, 0.25) is 0 Å². The molecule has 3 N–H and O–H groups in total. The molecule has 3 aromatic heterocycles. The molecule has 1 amide bonds. The number of amides is 1. The fourth-order valence-corrected chi connectivity index (χ4v) is 4.14. The average Bonchev–Trinajstić information content (AvgIpc) is 3.46. The zero-order valence-electron chi connectivity index (χ0n) is 19.8. The van der Waals surface area contributed by atoms with Crippen molar-refractivity contribution in [2.75, 3.05) is 5.32 Å². The van der Waals surface area contributed by atoms with E-state index in [2.05, 4.69) is 31.3 Å². The summed E-state index contributed by atoms with van der Waals surface area (Å²) in [7, 11) is 0. The molecule has 0 spiro atoms. The highest BCUT2D eigenvalue weighted by Crippen LogP contribution is 2.24. The zero-order chi connectivity index (χ0) is 25.1. The Labute approximate surface area is 213 Å². The quantitative estimate of drug-likeness (QED) is 0.250. The number of hydrogen-bond acceptors (Lipinski definition) is 5. The molecule has 3 heterocycles. The third kappa shape index (κ3) is 4.93. The Bertz CT molecular complexity index is 1540. The van der Waals surface area contributed by atoms with Gasteiger partial charge in [-0.25, -0.2) is 9.67 Å². The number of carbonyl (C=O) groups is 1. The second kappa shape index (κ2) is 9.96. The summed E-state index contributed by atoms with van der Waals surface area (Å²) in [5, 5.41) is 12.9. The number of thiocarbonyl (C=S) groups is 1. The van der Waals surface area contributed by atoms with Crippen LogP contribution in [0.4, 0.5) is 5.69 Å². The smallest absolute Gasteiger partial charge is 0.270 e. The fraction of sp³-hybridized carbons (Fsp3) is 0.115. The first-order valence-corrected chi connectivity index (χ1v) is 11.7. The molecule has 0 aliphatic rings. The number of aryl methyl sites for hydroxylation is 2. The average molecular weight is 497 g/mol. The molecule has 5 aromatic rings. The second-order valence-corrected chi connectivity index (χ2v) is 8.70. The van der Waals surface area contributed by atoms with Gasteiger partial charge in [-0.05, 0) is 49.8 Å². The normalized spacial score (nSPS) is 10.8. The van der Waals surface area contributed by atoms with Gasteiger partial charge < -0.3 is 5.32 Å². The van der Waals surface area contributed by atoms with Gasteiger partial charge in [0.1, 0.15) is 0 Å². The predicted molar refractivity (Wildman–Crippen MR) is 143 cm³/mol. The molecule has 36 heavy (non-hydrogen) atoms. The minimum Gasteiger partial charge on any atom is -0.329 e. The van der Waals surface area contributed by atoms with Crippen molar-refractivity contribution in [2.24, 2.45) is 0 Å². The molecule has 0 fully saturated rings. The molecule has 0 saturated carbocycles. The van der Waals surface area contributed by atoms with E-state index in [9.17, 15) is 4.79 Å². The highest BCUT2D eigenvalue weighted by atomic mass is 32.1. The van der Waals surface area contributed by atoms with E-state index in [-0.39, 0.29) is 11.0 Å². The number of anilines is 1. The summed E-state index contributed by atoms with van der Waals surface area (Å²) in [6, 6.07) is 21.5. The predicted octanol–water partition coefficient (Wildman–Crippen LogP) is 3.91. The summed E-state index contributed by atoms with van der Waals surface area (Å²) in [6.07, 6.45) is 3.52. The number of fused-ring (bicyclic) bond motifs is 1. The molecule has 0 saturated heterocycles. The monoisotopic (exact) mass is 496 g/mol. The number of rotatable bonds is 5. The first-order valence-electron chi connectivity index (χ1n) is 11.3. The van der Waals surface area contributed by atoms with Gasteiger partial charge in [-0.1, -0.05) is 48.5 Å². The number of nitrogens with one attached hydrogen (secondary N) is 3. The number of nitrogens with zero attached hydrogens (tertiary/aromatic N) is 5. The van der Waals surface area contributed by atoms with E-state index < -0.39 is 0 Å². The van der Waals surface area contributed by atoms with E-state index in [0.717, 1.165) is 11.3 Å². The molecular formula is C26H24N8OS. The first kappa shape index (κ1) is 23.2. The first-order chi connectivity index (χ1) is 17.5. The lowest BCUT2D eigenvalue weighted by Crippen LogP contribution is -2.43. The van der Waals surface area contributed by atoms with Crippen molar-refractivity contribution >= 4 is 40.0 Å². The van der Waals surface area contributed by atoms with Gasteiger partial charge in [0.15, 0.2) is 10.8 Å². The summed E-state index contributed by atoms with van der Waals surface area (Å²) in [6.45, 7) is 4.36. The molecule has 0 bridgehead atoms. The number of pyridine rings is 1. The summed E-state index contributed by atoms with van der Waals surface area (Å²) in [5.74, 6) is -0.342. The van der Waals surface area contributed by atoms with Gasteiger partial charge in [0.05, 0.1) is 40.8 Å². The van der Waals surface area contributed by atoms with E-state index in [1.165, 1.54) is 0 Å². The van der Waals surface area contributed by atoms with E-state index in [1.54, 1.807) is 16.9 Å². The van der Waals surface area contributed by atoms with Gasteiger partial charge in [0.2, 0.25) is 0 Å². The maximum atomic E-state index is 13.1. The van der Waals surface area contributed by atoms with Gasteiger partial charge in [-0.15, -0.1) is 0 Å². The Balaban J connectivity index is 1.28. The van der Waals surface area contributed by atoms with Gasteiger partial charge >= 0.3 is 0 Å². The van der Waals surface area contributed by atoms with Crippen LogP contribution in [0.1, 0.15) is 27.3 Å². The maximum Gasteiger partial charge on any atom is 0.270 e. The summed E-state index contributed by atoms with van der Waals surface area (Å²) in [5.41, 5.74) is 10.7. The lowest BCUT2D eigenvalue weighted by atomic mass is 10.1. The number of carbonyl (C=O) groups excluding carboxylic acids is 1. The van der Waals surface area contributed by atoms with Crippen LogP contribution in [0.3, 0.4) is 0 Å². The highest BCUT2D eigenvalue weighted by Gasteiger charge is 2.19. The van der Waals surface area contributed by atoms with Crippen LogP contribution in [-0.2, 0) is 6.54 Å². The van der Waals surface area contributed by atoms with Crippen LogP contribution >= 0.6 is 12.2 Å². The Morgan fingerprint density at radius 1 is 1.00 bits per heavy atom. The van der Waals surface area contributed by atoms with Crippen LogP contribution in [0.25, 0.3) is 16.7 Å². The molecule has 2 aromatic carbocycles. The van der Waals surface area contributed by atoms with Crippen LogP contribution in [0.5, 0.6) is 0 Å². The molecule has 0 aliphatic carbocycles. The van der Waals surface area contributed by atoms with E-state index >= 15 is 0 Å². The van der Waals surface area contributed by atoms with Gasteiger partial charge in [0.25, 0.3) is 5.91 Å². The minimum atomic E-state index is -0.342. The summed E-state index contributed by atoms with van der Waals surface area (Å²) < 4.78 is 3.56. The van der Waals surface area contributed by atoms with Crippen molar-refractivity contribution < 1.29 is 4.79 Å². The molecule has 0 atom stereocenters. The van der Waals surface area contributed by atoms with Crippen molar-refractivity contribution in [1.29, 1.82) is 0 Å². The maximum absolute atomic E-state index is 13.1. The molecular weight excluding hydrogens is 472 g/mol. The van der Waals surface area contributed by atoms with Gasteiger partial charge in [-0.3, -0.25) is 20.3 Å². The molecule has 180 valence electrons. The molecule has 0 unspecified atom stereocenters. The molecule has 0 radical (unpaired) electrons. The Morgan fingerprint density at radius 3 is 2.47 bits per heavy atom. The Morgan fingerprint density at radius 2 is 1.72 bits per heavy atom. The van der Waals surface area contributed by atoms with E-state index in [4.69, 9.17) is 12.2 Å². The van der Waals surface area contributed by atoms with Crippen LogP contribution in [0.15, 0.2) is 79.1 Å². The minimum absolute atomic E-state index is 0.237. The van der Waals surface area contributed by atoms with Gasteiger partial charge in [-0.2, -0.15) is 10.2 Å². The van der Waals surface area contributed by atoms with Crippen molar-refractivity contribution in [3.8, 4) is 5.69 Å². The number of hydrogen-bond donors (Lipinski definition) is 3. The largest absolute Gasteiger partial charge is 0.329 e. The van der Waals surface area contributed by atoms with Crippen molar-refractivity contribution in [3.05, 3.63) is 102 Å². The molecule has 5 rings (SSSR count). The van der Waals surface area contributed by atoms with Crippen LogP contribution < -0.4 is 16.2 Å². The standard InChI is InChI=1S/C26H24N8OS/c1-17-13-22(23-18(2)32-34(24(23)28-17)21-11-7-4-8-12-21)25(35)30-31-26(36)29-20-14-27-33(16-20)15-19-9-5-3-6-10-19/h3-14,16H,15H2,1-2H3,(H,30,35)(H2,29,31,36). The lowest BCUT2D eigenvalue weighted by Gasteiger charge is -2.11. The third-order valence-corrected chi connectivity index (χ3v) is 5.76. The number of benzene rings is 2. The van der Waals surface area contributed by atoms with Gasteiger partial charge in [0, 0.05) is 11.9 Å². The number of para-hydroxylation sites is 1. The Hall–Kier alpha value is -4.57. The van der Waals surface area contributed by atoms with Crippen LogP contribution in [0, 0.1) is 13.8 Å². The summed E-state index contributed by atoms with van der Waals surface area (Å²) >= 11 is 5.36. The lowest BCUT2D eigenvalue weighted by molar-refractivity contribution is 0.0945. The molecule has 9 nitrogen and oxygen atoms in total. The number of aromatic nitrogens is 5. The number of hydrazine groups is 1. The van der Waals surface area contributed by atoms with E-state index in [0.29, 0.717) is 40.2 Å². The van der Waals surface area contributed by atoms with Crippen LogP contribution in [-0.4, -0.2) is 35.6 Å². The Kier molecular flexibility index (Phi) is 6.42. The summed E-state index contributed by atoms with van der Waals surface area (Å²) in [4.78, 5) is 17.8. The van der Waals surface area contributed by atoms with Crippen molar-refractivity contribution in [2.45, 2.75) is 20.4 Å². The second-order valence-electron chi connectivity index (χ2n) is 8.29. The van der Waals surface area contributed by atoms with Crippen molar-refractivity contribution in [3.63, 3.8) is 0 Å². The topological polar surface area (TPSA) is 102 Å². The zero-order valence-corrected chi connectivity index (χ0v) is 20.6. The fourth-order valence-electron chi connectivity index (χ4n) is 3.97. The van der Waals surface area contributed by atoms with Crippen molar-refractivity contribution in [1.82, 2.24) is 35.4 Å². The van der Waals surface area contributed by atoms with E-state index in [1.807, 2.05) is 85.4 Å².